The summed E-state index contributed by atoms with van der Waals surface area (Å²) < 4.78 is 0. The van der Waals surface area contributed by atoms with E-state index in [4.69, 9.17) is 0 Å². The number of pyridine rings is 2. The molecule has 1 amide bonds. The van der Waals surface area contributed by atoms with Crippen molar-refractivity contribution in [2.45, 2.75) is 46.5 Å². The lowest BCUT2D eigenvalue weighted by Gasteiger charge is -2.39. The molecule has 0 aromatic carbocycles. The number of carbonyl (C=O) groups is 2. The Morgan fingerprint density at radius 1 is 1.13 bits per heavy atom. The van der Waals surface area contributed by atoms with Crippen LogP contribution in [-0.2, 0) is 9.59 Å². The molecule has 0 saturated heterocycles. The van der Waals surface area contributed by atoms with E-state index in [0.717, 1.165) is 23.4 Å². The quantitative estimate of drug-likeness (QED) is 0.810. The number of ketones is 1. The fraction of sp³-hybridized carbons (Fsp3) is 0.333. The van der Waals surface area contributed by atoms with E-state index in [-0.39, 0.29) is 17.1 Å². The molecular formula is C24H26N4O2. The van der Waals surface area contributed by atoms with Gasteiger partial charge in [-0.15, -0.1) is 0 Å². The van der Waals surface area contributed by atoms with Gasteiger partial charge in [0.1, 0.15) is 5.82 Å². The van der Waals surface area contributed by atoms with Crippen molar-refractivity contribution in [1.29, 1.82) is 0 Å². The molecule has 0 bridgehead atoms. The van der Waals surface area contributed by atoms with Crippen molar-refractivity contribution >= 4 is 17.5 Å². The van der Waals surface area contributed by atoms with Crippen LogP contribution in [0.2, 0.25) is 0 Å². The van der Waals surface area contributed by atoms with Gasteiger partial charge in [0.15, 0.2) is 5.78 Å². The van der Waals surface area contributed by atoms with Crippen LogP contribution in [-0.4, -0.2) is 21.7 Å². The van der Waals surface area contributed by atoms with E-state index in [1.807, 2.05) is 38.1 Å². The largest absolute Gasteiger partial charge is 0.362 e. The Morgan fingerprint density at radius 3 is 2.60 bits per heavy atom. The van der Waals surface area contributed by atoms with Crippen LogP contribution >= 0.6 is 0 Å². The summed E-state index contributed by atoms with van der Waals surface area (Å²) in [4.78, 5) is 35.3. The molecule has 1 aliphatic heterocycles. The van der Waals surface area contributed by atoms with Gasteiger partial charge in [-0.1, -0.05) is 26.0 Å². The third kappa shape index (κ3) is 3.77. The van der Waals surface area contributed by atoms with Crippen LogP contribution in [0, 0.1) is 12.3 Å². The van der Waals surface area contributed by atoms with E-state index in [1.165, 1.54) is 0 Å². The van der Waals surface area contributed by atoms with E-state index >= 15 is 0 Å². The number of hydrogen-bond acceptors (Lipinski definition) is 5. The van der Waals surface area contributed by atoms with Gasteiger partial charge in [-0.3, -0.25) is 14.6 Å². The van der Waals surface area contributed by atoms with Gasteiger partial charge in [-0.05, 0) is 49.4 Å². The van der Waals surface area contributed by atoms with Crippen molar-refractivity contribution in [1.82, 2.24) is 15.3 Å². The number of aromatic nitrogens is 2. The monoisotopic (exact) mass is 402 g/mol. The number of nitrogens with zero attached hydrogens (tertiary/aromatic N) is 2. The van der Waals surface area contributed by atoms with Crippen LogP contribution < -0.4 is 10.6 Å². The van der Waals surface area contributed by atoms with E-state index in [0.29, 0.717) is 29.1 Å². The second kappa shape index (κ2) is 7.52. The summed E-state index contributed by atoms with van der Waals surface area (Å²) in [5.41, 5.74) is 4.38. The van der Waals surface area contributed by atoms with Crippen molar-refractivity contribution in [2.75, 3.05) is 5.32 Å². The molecule has 154 valence electrons. The molecular weight excluding hydrogens is 376 g/mol. The van der Waals surface area contributed by atoms with Crippen LogP contribution in [0.25, 0.3) is 0 Å². The molecule has 1 aliphatic carbocycles. The maximum atomic E-state index is 13.3. The number of aryl methyl sites for hydroxylation is 1. The predicted molar refractivity (Wildman–Crippen MR) is 115 cm³/mol. The number of anilines is 1. The number of allylic oxidation sites excluding steroid dienone is 3. The fourth-order valence-corrected chi connectivity index (χ4v) is 4.30. The Bertz CT molecular complexity index is 1070. The molecule has 6 heteroatoms. The maximum absolute atomic E-state index is 13.3. The molecule has 0 spiro atoms. The van der Waals surface area contributed by atoms with Crippen molar-refractivity contribution in [3.05, 3.63) is 76.5 Å². The number of rotatable bonds is 3. The predicted octanol–water partition coefficient (Wildman–Crippen LogP) is 4.03. The van der Waals surface area contributed by atoms with Crippen LogP contribution in [0.1, 0.15) is 50.8 Å². The molecule has 30 heavy (non-hydrogen) atoms. The Hall–Kier alpha value is -3.28. The van der Waals surface area contributed by atoms with E-state index in [2.05, 4.69) is 34.4 Å². The molecule has 2 N–H and O–H groups in total. The summed E-state index contributed by atoms with van der Waals surface area (Å²) in [5, 5.41) is 6.25. The molecule has 0 fully saturated rings. The maximum Gasteiger partial charge on any atom is 0.255 e. The molecule has 0 unspecified atom stereocenters. The van der Waals surface area contributed by atoms with Crippen molar-refractivity contribution < 1.29 is 9.59 Å². The molecule has 2 aliphatic rings. The van der Waals surface area contributed by atoms with Crippen molar-refractivity contribution in [3.8, 4) is 0 Å². The Balaban J connectivity index is 1.78. The van der Waals surface area contributed by atoms with Crippen LogP contribution in [0.15, 0.2) is 65.3 Å². The number of nitrogens with one attached hydrogen (secondary N) is 2. The van der Waals surface area contributed by atoms with Crippen molar-refractivity contribution in [2.24, 2.45) is 5.41 Å². The number of hydrogen-bond donors (Lipinski definition) is 2. The SMILES string of the molecule is CC1=C(C(=O)Nc2ccc(C)cn2)[C@H](c2ccccn2)C2=C(CC(C)(C)CC2=O)N1. The van der Waals surface area contributed by atoms with Crippen LogP contribution in [0.3, 0.4) is 0 Å². The first-order valence-electron chi connectivity index (χ1n) is 10.1. The highest BCUT2D eigenvalue weighted by Gasteiger charge is 2.43. The number of amides is 1. The summed E-state index contributed by atoms with van der Waals surface area (Å²) in [5.74, 6) is -0.245. The standard InChI is InChI=1S/C24H26N4O2/c1-14-8-9-19(26-13-14)28-23(30)20-15(2)27-17-11-24(3,4)12-18(29)21(17)22(20)16-7-5-6-10-25-16/h5-10,13,22,27H,11-12H2,1-4H3,(H,26,28,30)/t22-/m0/s1. The highest BCUT2D eigenvalue weighted by Crippen LogP contribution is 2.46. The van der Waals surface area contributed by atoms with Crippen LogP contribution in [0.4, 0.5) is 5.82 Å². The lowest BCUT2D eigenvalue weighted by molar-refractivity contribution is -0.118. The number of Topliss-reactive ketones (excluding diaryl/α,β-unsaturated/α-hetero) is 1. The lowest BCUT2D eigenvalue weighted by Crippen LogP contribution is -2.39. The Morgan fingerprint density at radius 2 is 1.93 bits per heavy atom. The van der Waals surface area contributed by atoms with Gasteiger partial charge in [0.2, 0.25) is 0 Å². The minimum atomic E-state index is -0.503. The van der Waals surface area contributed by atoms with Crippen LogP contribution in [0.5, 0.6) is 0 Å². The van der Waals surface area contributed by atoms with Gasteiger partial charge in [0, 0.05) is 41.4 Å². The van der Waals surface area contributed by atoms with Gasteiger partial charge < -0.3 is 10.6 Å². The third-order valence-corrected chi connectivity index (χ3v) is 5.62. The third-order valence-electron chi connectivity index (χ3n) is 5.62. The van der Waals surface area contributed by atoms with Gasteiger partial charge >= 0.3 is 0 Å². The molecule has 2 aromatic heterocycles. The number of dihydropyridines is 1. The molecule has 0 saturated carbocycles. The average Bonchev–Trinajstić information content (AvgIpc) is 2.68. The zero-order valence-electron chi connectivity index (χ0n) is 17.7. The van der Waals surface area contributed by atoms with Gasteiger partial charge in [-0.2, -0.15) is 0 Å². The highest BCUT2D eigenvalue weighted by atomic mass is 16.2. The van der Waals surface area contributed by atoms with Crippen molar-refractivity contribution in [3.63, 3.8) is 0 Å². The molecule has 0 radical (unpaired) electrons. The first kappa shape index (κ1) is 20.0. The van der Waals surface area contributed by atoms with E-state index in [1.54, 1.807) is 18.5 Å². The first-order chi connectivity index (χ1) is 14.2. The van der Waals surface area contributed by atoms with E-state index in [9.17, 15) is 9.59 Å². The summed E-state index contributed by atoms with van der Waals surface area (Å²) in [7, 11) is 0. The summed E-state index contributed by atoms with van der Waals surface area (Å²) in [6.45, 7) is 8.01. The second-order valence-electron chi connectivity index (χ2n) is 8.86. The number of carbonyl (C=O) groups excluding carboxylic acids is 2. The summed E-state index contributed by atoms with van der Waals surface area (Å²) >= 11 is 0. The minimum Gasteiger partial charge on any atom is -0.362 e. The molecule has 3 heterocycles. The Labute approximate surface area is 176 Å². The zero-order chi connectivity index (χ0) is 21.5. The lowest BCUT2D eigenvalue weighted by atomic mass is 9.69. The average molecular weight is 402 g/mol. The first-order valence-corrected chi connectivity index (χ1v) is 10.1. The molecule has 1 atom stereocenters. The minimum absolute atomic E-state index is 0.0654. The fourth-order valence-electron chi connectivity index (χ4n) is 4.30. The van der Waals surface area contributed by atoms with Gasteiger partial charge in [-0.25, -0.2) is 4.98 Å². The topological polar surface area (TPSA) is 84.0 Å². The Kier molecular flexibility index (Phi) is 5.02. The molecule has 4 rings (SSSR count). The van der Waals surface area contributed by atoms with Gasteiger partial charge in [0.25, 0.3) is 5.91 Å². The summed E-state index contributed by atoms with van der Waals surface area (Å²) in [6.07, 6.45) is 4.61. The molecule has 6 nitrogen and oxygen atoms in total. The second-order valence-corrected chi connectivity index (χ2v) is 8.86. The normalized spacial score (nSPS) is 20.5. The van der Waals surface area contributed by atoms with E-state index < -0.39 is 5.92 Å². The highest BCUT2D eigenvalue weighted by molar-refractivity contribution is 6.09. The zero-order valence-corrected chi connectivity index (χ0v) is 17.7. The van der Waals surface area contributed by atoms with Gasteiger partial charge in [0.05, 0.1) is 11.6 Å². The molecule has 2 aromatic rings. The smallest absolute Gasteiger partial charge is 0.255 e. The summed E-state index contributed by atoms with van der Waals surface area (Å²) in [6, 6.07) is 9.26.